The molecule has 22 heavy (non-hydrogen) atoms. The Hall–Kier alpha value is -2.21. The van der Waals surface area contributed by atoms with Gasteiger partial charge >= 0.3 is 0 Å². The minimum atomic E-state index is -0.183. The number of carbonyl (C=O) groups is 1. The highest BCUT2D eigenvalue weighted by Crippen LogP contribution is 2.24. The van der Waals surface area contributed by atoms with E-state index in [1.54, 1.807) is 29.5 Å². The van der Waals surface area contributed by atoms with Crippen molar-refractivity contribution in [1.82, 2.24) is 20.1 Å². The zero-order valence-corrected chi connectivity index (χ0v) is 12.8. The van der Waals surface area contributed by atoms with E-state index >= 15 is 0 Å². The third-order valence-electron chi connectivity index (χ3n) is 3.80. The topological polar surface area (TPSA) is 69.0 Å². The fourth-order valence-corrected chi connectivity index (χ4v) is 2.70. The van der Waals surface area contributed by atoms with Gasteiger partial charge in [-0.2, -0.15) is 5.10 Å². The quantitative estimate of drug-likeness (QED) is 0.940. The van der Waals surface area contributed by atoms with Crippen molar-refractivity contribution in [2.24, 2.45) is 0 Å². The number of rotatable bonds is 3. The predicted octanol–water partition coefficient (Wildman–Crippen LogP) is 1.95. The summed E-state index contributed by atoms with van der Waals surface area (Å²) in [5.74, 6) is -0.0944. The third kappa shape index (κ3) is 3.33. The minimum absolute atomic E-state index is 0.0944. The second-order valence-corrected chi connectivity index (χ2v) is 6.15. The van der Waals surface area contributed by atoms with Gasteiger partial charge < -0.3 is 10.1 Å². The first kappa shape index (κ1) is 14.7. The van der Waals surface area contributed by atoms with Crippen LogP contribution in [-0.2, 0) is 4.74 Å². The maximum absolute atomic E-state index is 12.4. The highest BCUT2D eigenvalue weighted by atomic mass is 16.5. The van der Waals surface area contributed by atoms with Gasteiger partial charge in [-0.05, 0) is 38.8 Å². The maximum atomic E-state index is 12.4. The van der Waals surface area contributed by atoms with Crippen LogP contribution >= 0.6 is 0 Å². The molecule has 1 aliphatic rings. The van der Waals surface area contributed by atoms with Crippen LogP contribution < -0.4 is 5.32 Å². The Balaban J connectivity index is 1.67. The second kappa shape index (κ2) is 5.88. The normalized spacial score (nSPS) is 20.5. The molecule has 1 fully saturated rings. The molecule has 0 spiro atoms. The molecule has 0 aromatic carbocycles. The van der Waals surface area contributed by atoms with Crippen LogP contribution in [0.25, 0.3) is 5.69 Å². The first-order chi connectivity index (χ1) is 10.5. The molecule has 2 aromatic heterocycles. The predicted molar refractivity (Wildman–Crippen MR) is 81.9 cm³/mol. The van der Waals surface area contributed by atoms with Crippen molar-refractivity contribution in [3.63, 3.8) is 0 Å². The average Bonchev–Trinajstić information content (AvgIpc) is 2.97. The van der Waals surface area contributed by atoms with Gasteiger partial charge in [-0.25, -0.2) is 4.68 Å². The van der Waals surface area contributed by atoms with Crippen molar-refractivity contribution < 1.29 is 9.53 Å². The Labute approximate surface area is 129 Å². The Morgan fingerprint density at radius 2 is 2.18 bits per heavy atom. The SMILES string of the molecule is CC1(C)C[C@H](NC(=O)c2cnn(-c3ccncc3)c2)CCO1. The van der Waals surface area contributed by atoms with Crippen molar-refractivity contribution in [2.75, 3.05) is 6.61 Å². The summed E-state index contributed by atoms with van der Waals surface area (Å²) >= 11 is 0. The first-order valence-electron chi connectivity index (χ1n) is 7.43. The van der Waals surface area contributed by atoms with Gasteiger partial charge in [-0.3, -0.25) is 9.78 Å². The monoisotopic (exact) mass is 300 g/mol. The summed E-state index contributed by atoms with van der Waals surface area (Å²) in [5, 5.41) is 7.30. The van der Waals surface area contributed by atoms with Gasteiger partial charge in [0.25, 0.3) is 5.91 Å². The molecule has 1 atom stereocenters. The maximum Gasteiger partial charge on any atom is 0.254 e. The van der Waals surface area contributed by atoms with Gasteiger partial charge in [0.2, 0.25) is 0 Å². The number of aromatic nitrogens is 3. The van der Waals surface area contributed by atoms with Crippen LogP contribution in [0.4, 0.5) is 0 Å². The number of amides is 1. The van der Waals surface area contributed by atoms with Gasteiger partial charge in [0.05, 0.1) is 23.0 Å². The number of pyridine rings is 1. The number of ether oxygens (including phenoxy) is 1. The molecule has 6 nitrogen and oxygen atoms in total. The van der Waals surface area contributed by atoms with E-state index in [4.69, 9.17) is 4.74 Å². The average molecular weight is 300 g/mol. The van der Waals surface area contributed by atoms with Crippen LogP contribution in [0.1, 0.15) is 37.0 Å². The lowest BCUT2D eigenvalue weighted by atomic mass is 9.94. The van der Waals surface area contributed by atoms with Crippen molar-refractivity contribution in [2.45, 2.75) is 38.3 Å². The van der Waals surface area contributed by atoms with Gasteiger partial charge in [0, 0.05) is 31.2 Å². The zero-order chi connectivity index (χ0) is 15.6. The number of carbonyl (C=O) groups excluding carboxylic acids is 1. The van der Waals surface area contributed by atoms with E-state index in [9.17, 15) is 4.79 Å². The van der Waals surface area contributed by atoms with Crippen LogP contribution in [0.5, 0.6) is 0 Å². The molecule has 116 valence electrons. The smallest absolute Gasteiger partial charge is 0.254 e. The molecule has 1 aliphatic heterocycles. The first-order valence-corrected chi connectivity index (χ1v) is 7.43. The lowest BCUT2D eigenvalue weighted by molar-refractivity contribution is -0.0615. The van der Waals surface area contributed by atoms with Crippen LogP contribution in [0.2, 0.25) is 0 Å². The Kier molecular flexibility index (Phi) is 3.94. The minimum Gasteiger partial charge on any atom is -0.375 e. The van der Waals surface area contributed by atoms with E-state index in [1.165, 1.54) is 0 Å². The zero-order valence-electron chi connectivity index (χ0n) is 12.8. The summed E-state index contributed by atoms with van der Waals surface area (Å²) in [5.41, 5.74) is 1.25. The van der Waals surface area contributed by atoms with E-state index in [0.29, 0.717) is 12.2 Å². The standard InChI is InChI=1S/C16H20N4O2/c1-16(2)9-13(5-8-22-16)19-15(21)12-10-18-20(11-12)14-3-6-17-7-4-14/h3-4,6-7,10-11,13H,5,8-9H2,1-2H3,(H,19,21)/t13-/m1/s1. The van der Waals surface area contributed by atoms with E-state index < -0.39 is 0 Å². The lowest BCUT2D eigenvalue weighted by Crippen LogP contribution is -2.45. The molecular formula is C16H20N4O2. The summed E-state index contributed by atoms with van der Waals surface area (Å²) in [6.07, 6.45) is 8.36. The van der Waals surface area contributed by atoms with Gasteiger partial charge in [-0.15, -0.1) is 0 Å². The van der Waals surface area contributed by atoms with Crippen LogP contribution in [0, 0.1) is 0 Å². The summed E-state index contributed by atoms with van der Waals surface area (Å²) < 4.78 is 7.34. The molecule has 0 radical (unpaired) electrons. The Bertz CT molecular complexity index is 651. The highest BCUT2D eigenvalue weighted by molar-refractivity contribution is 5.94. The van der Waals surface area contributed by atoms with Crippen molar-refractivity contribution in [1.29, 1.82) is 0 Å². The van der Waals surface area contributed by atoms with Crippen molar-refractivity contribution >= 4 is 5.91 Å². The fourth-order valence-electron chi connectivity index (χ4n) is 2.70. The number of nitrogens with zero attached hydrogens (tertiary/aromatic N) is 3. The number of hydrogen-bond acceptors (Lipinski definition) is 4. The van der Waals surface area contributed by atoms with E-state index in [0.717, 1.165) is 18.5 Å². The molecule has 0 bridgehead atoms. The number of nitrogens with one attached hydrogen (secondary N) is 1. The molecular weight excluding hydrogens is 280 g/mol. The number of hydrogen-bond donors (Lipinski definition) is 1. The summed E-state index contributed by atoms with van der Waals surface area (Å²) in [6.45, 7) is 4.77. The molecule has 1 saturated heterocycles. The molecule has 3 heterocycles. The van der Waals surface area contributed by atoms with Gasteiger partial charge in [0.15, 0.2) is 0 Å². The lowest BCUT2D eigenvalue weighted by Gasteiger charge is -2.35. The van der Waals surface area contributed by atoms with Crippen molar-refractivity contribution in [3.05, 3.63) is 42.5 Å². The van der Waals surface area contributed by atoms with Crippen LogP contribution in [0.3, 0.4) is 0 Å². The second-order valence-electron chi connectivity index (χ2n) is 6.15. The molecule has 0 saturated carbocycles. The van der Waals surface area contributed by atoms with Gasteiger partial charge in [0.1, 0.15) is 0 Å². The van der Waals surface area contributed by atoms with E-state index in [1.807, 2.05) is 26.0 Å². The fraction of sp³-hybridized carbons (Fsp3) is 0.438. The van der Waals surface area contributed by atoms with E-state index in [2.05, 4.69) is 15.4 Å². The Morgan fingerprint density at radius 1 is 1.41 bits per heavy atom. The van der Waals surface area contributed by atoms with Crippen LogP contribution in [-0.4, -0.2) is 38.9 Å². The van der Waals surface area contributed by atoms with Gasteiger partial charge in [-0.1, -0.05) is 0 Å². The molecule has 1 N–H and O–H groups in total. The Morgan fingerprint density at radius 3 is 2.91 bits per heavy atom. The van der Waals surface area contributed by atoms with Crippen LogP contribution in [0.15, 0.2) is 36.9 Å². The molecule has 3 rings (SSSR count). The molecule has 1 amide bonds. The molecule has 0 aliphatic carbocycles. The highest BCUT2D eigenvalue weighted by Gasteiger charge is 2.29. The summed E-state index contributed by atoms with van der Waals surface area (Å²) in [7, 11) is 0. The van der Waals surface area contributed by atoms with E-state index in [-0.39, 0.29) is 17.6 Å². The molecule has 0 unspecified atom stereocenters. The van der Waals surface area contributed by atoms with Crippen molar-refractivity contribution in [3.8, 4) is 5.69 Å². The summed E-state index contributed by atoms with van der Waals surface area (Å²) in [4.78, 5) is 16.3. The summed E-state index contributed by atoms with van der Waals surface area (Å²) in [6, 6.07) is 3.83. The molecule has 6 heteroatoms. The molecule has 2 aromatic rings. The third-order valence-corrected chi connectivity index (χ3v) is 3.80. The largest absolute Gasteiger partial charge is 0.375 e.